The van der Waals surface area contributed by atoms with Crippen molar-refractivity contribution in [3.8, 4) is 11.1 Å². The number of hydrogen-bond acceptors (Lipinski definition) is 1. The first-order valence-corrected chi connectivity index (χ1v) is 6.24. The van der Waals surface area contributed by atoms with Crippen LogP contribution >= 0.6 is 0 Å². The van der Waals surface area contributed by atoms with Gasteiger partial charge in [0.25, 0.3) is 0 Å². The highest BCUT2D eigenvalue weighted by Crippen LogP contribution is 2.28. The molecule has 0 amide bonds. The van der Waals surface area contributed by atoms with E-state index in [9.17, 15) is 0 Å². The molecule has 1 heterocycles. The molecule has 1 aliphatic heterocycles. The van der Waals surface area contributed by atoms with Gasteiger partial charge in [0.2, 0.25) is 0 Å². The summed E-state index contributed by atoms with van der Waals surface area (Å²) in [6.45, 7) is 3.24. The fourth-order valence-corrected chi connectivity index (χ4v) is 2.60. The van der Waals surface area contributed by atoms with Crippen LogP contribution in [-0.4, -0.2) is 6.04 Å². The van der Waals surface area contributed by atoms with Crippen LogP contribution in [0, 0.1) is 0 Å². The monoisotopic (exact) mass is 223 g/mol. The maximum Gasteiger partial charge on any atom is 0.0217 e. The number of benzene rings is 2. The third-order valence-electron chi connectivity index (χ3n) is 3.51. The fraction of sp³-hybridized carbons (Fsp3) is 0.250. The van der Waals surface area contributed by atoms with Crippen LogP contribution in [0.15, 0.2) is 48.5 Å². The standard InChI is InChI=1S/C16H17N/c1-12-10-14-8-5-9-15(16(14)11-17-12)13-6-3-2-4-7-13/h2-9,12,17H,10-11H2,1H3/t12-/m0/s1. The molecule has 0 aromatic heterocycles. The average Bonchev–Trinajstić information content (AvgIpc) is 2.39. The van der Waals surface area contributed by atoms with Crippen molar-refractivity contribution in [2.45, 2.75) is 25.9 Å². The highest BCUT2D eigenvalue weighted by atomic mass is 14.9. The molecule has 0 spiro atoms. The number of hydrogen-bond donors (Lipinski definition) is 1. The van der Waals surface area contributed by atoms with E-state index in [2.05, 4.69) is 60.8 Å². The Morgan fingerprint density at radius 1 is 1.00 bits per heavy atom. The predicted octanol–water partition coefficient (Wildman–Crippen LogP) is 3.39. The summed E-state index contributed by atoms with van der Waals surface area (Å²) in [5, 5.41) is 3.55. The summed E-state index contributed by atoms with van der Waals surface area (Å²) >= 11 is 0. The van der Waals surface area contributed by atoms with Crippen molar-refractivity contribution in [1.29, 1.82) is 0 Å². The van der Waals surface area contributed by atoms with E-state index >= 15 is 0 Å². The lowest BCUT2D eigenvalue weighted by molar-refractivity contribution is 0.514. The van der Waals surface area contributed by atoms with Crippen LogP contribution < -0.4 is 5.32 Å². The molecule has 1 N–H and O–H groups in total. The van der Waals surface area contributed by atoms with Crippen molar-refractivity contribution < 1.29 is 0 Å². The van der Waals surface area contributed by atoms with Crippen LogP contribution in [0.2, 0.25) is 0 Å². The lowest BCUT2D eigenvalue weighted by Gasteiger charge is -2.25. The van der Waals surface area contributed by atoms with Gasteiger partial charge in [-0.15, -0.1) is 0 Å². The molecule has 1 nitrogen and oxygen atoms in total. The quantitative estimate of drug-likeness (QED) is 0.781. The van der Waals surface area contributed by atoms with Crippen molar-refractivity contribution in [2.75, 3.05) is 0 Å². The Kier molecular flexibility index (Phi) is 2.69. The summed E-state index contributed by atoms with van der Waals surface area (Å²) in [7, 11) is 0. The molecule has 0 aliphatic carbocycles. The maximum atomic E-state index is 3.55. The van der Waals surface area contributed by atoms with E-state index < -0.39 is 0 Å². The van der Waals surface area contributed by atoms with E-state index in [4.69, 9.17) is 0 Å². The molecule has 0 bridgehead atoms. The van der Waals surface area contributed by atoms with Crippen LogP contribution in [-0.2, 0) is 13.0 Å². The molecule has 86 valence electrons. The van der Waals surface area contributed by atoms with Crippen molar-refractivity contribution in [3.05, 3.63) is 59.7 Å². The molecule has 0 saturated heterocycles. The SMILES string of the molecule is C[C@H]1Cc2cccc(-c3ccccc3)c2CN1. The molecule has 0 fully saturated rings. The zero-order chi connectivity index (χ0) is 11.7. The molecular formula is C16H17N. The molecule has 1 aliphatic rings. The summed E-state index contributed by atoms with van der Waals surface area (Å²) in [4.78, 5) is 0. The molecule has 1 atom stereocenters. The average molecular weight is 223 g/mol. The van der Waals surface area contributed by atoms with Gasteiger partial charge < -0.3 is 5.32 Å². The molecule has 2 aromatic rings. The molecule has 0 radical (unpaired) electrons. The highest BCUT2D eigenvalue weighted by Gasteiger charge is 2.17. The van der Waals surface area contributed by atoms with E-state index in [1.54, 1.807) is 0 Å². The zero-order valence-electron chi connectivity index (χ0n) is 10.1. The lowest BCUT2D eigenvalue weighted by atomic mass is 9.90. The topological polar surface area (TPSA) is 12.0 Å². The summed E-state index contributed by atoms with van der Waals surface area (Å²) < 4.78 is 0. The van der Waals surface area contributed by atoms with Crippen molar-refractivity contribution in [3.63, 3.8) is 0 Å². The fourth-order valence-electron chi connectivity index (χ4n) is 2.60. The molecular weight excluding hydrogens is 206 g/mol. The Morgan fingerprint density at radius 2 is 1.82 bits per heavy atom. The van der Waals surface area contributed by atoms with E-state index in [1.807, 2.05) is 0 Å². The lowest BCUT2D eigenvalue weighted by Crippen LogP contribution is -2.33. The first-order chi connectivity index (χ1) is 8.34. The van der Waals surface area contributed by atoms with Gasteiger partial charge in [0.05, 0.1) is 0 Å². The van der Waals surface area contributed by atoms with E-state index in [0.717, 1.165) is 13.0 Å². The van der Waals surface area contributed by atoms with Crippen LogP contribution in [0.25, 0.3) is 11.1 Å². The van der Waals surface area contributed by atoms with E-state index in [-0.39, 0.29) is 0 Å². The van der Waals surface area contributed by atoms with Gasteiger partial charge in [0.15, 0.2) is 0 Å². The normalized spacial score (nSPS) is 18.8. The van der Waals surface area contributed by atoms with Gasteiger partial charge in [-0.2, -0.15) is 0 Å². The van der Waals surface area contributed by atoms with Gasteiger partial charge in [-0.3, -0.25) is 0 Å². The number of rotatable bonds is 1. The van der Waals surface area contributed by atoms with Gasteiger partial charge in [0, 0.05) is 12.6 Å². The second-order valence-corrected chi connectivity index (χ2v) is 4.80. The second-order valence-electron chi connectivity index (χ2n) is 4.80. The summed E-state index contributed by atoms with van der Waals surface area (Å²) in [5.74, 6) is 0. The molecule has 3 rings (SSSR count). The minimum absolute atomic E-state index is 0.591. The highest BCUT2D eigenvalue weighted by molar-refractivity contribution is 5.69. The molecule has 0 unspecified atom stereocenters. The number of fused-ring (bicyclic) bond motifs is 1. The van der Waals surface area contributed by atoms with Gasteiger partial charge >= 0.3 is 0 Å². The van der Waals surface area contributed by atoms with Crippen LogP contribution in [0.3, 0.4) is 0 Å². The van der Waals surface area contributed by atoms with Crippen molar-refractivity contribution in [1.82, 2.24) is 5.32 Å². The van der Waals surface area contributed by atoms with Gasteiger partial charge in [0.1, 0.15) is 0 Å². The summed E-state index contributed by atoms with van der Waals surface area (Å²) in [5.41, 5.74) is 5.66. The Labute approximate surface area is 102 Å². The Morgan fingerprint density at radius 3 is 2.65 bits per heavy atom. The second kappa shape index (κ2) is 4.34. The molecule has 1 heteroatoms. The van der Waals surface area contributed by atoms with Crippen LogP contribution in [0.1, 0.15) is 18.1 Å². The van der Waals surface area contributed by atoms with Gasteiger partial charge in [-0.1, -0.05) is 48.5 Å². The van der Waals surface area contributed by atoms with E-state index in [1.165, 1.54) is 22.3 Å². The third kappa shape index (κ3) is 1.98. The van der Waals surface area contributed by atoms with Crippen LogP contribution in [0.4, 0.5) is 0 Å². The summed E-state index contributed by atoms with van der Waals surface area (Å²) in [6, 6.07) is 17.9. The molecule has 0 saturated carbocycles. The third-order valence-corrected chi connectivity index (χ3v) is 3.51. The van der Waals surface area contributed by atoms with Gasteiger partial charge in [-0.25, -0.2) is 0 Å². The zero-order valence-corrected chi connectivity index (χ0v) is 10.1. The molecule has 2 aromatic carbocycles. The smallest absolute Gasteiger partial charge is 0.0217 e. The Hall–Kier alpha value is -1.60. The Balaban J connectivity index is 2.10. The Bertz CT molecular complexity index is 516. The van der Waals surface area contributed by atoms with Crippen molar-refractivity contribution in [2.24, 2.45) is 0 Å². The van der Waals surface area contributed by atoms with Crippen LogP contribution in [0.5, 0.6) is 0 Å². The van der Waals surface area contributed by atoms with Gasteiger partial charge in [-0.05, 0) is 35.6 Å². The predicted molar refractivity (Wildman–Crippen MR) is 71.9 cm³/mol. The first-order valence-electron chi connectivity index (χ1n) is 6.24. The minimum atomic E-state index is 0.591. The minimum Gasteiger partial charge on any atom is -0.310 e. The van der Waals surface area contributed by atoms with Crippen molar-refractivity contribution >= 4 is 0 Å². The maximum absolute atomic E-state index is 3.55. The largest absolute Gasteiger partial charge is 0.310 e. The summed E-state index contributed by atoms with van der Waals surface area (Å²) in [6.07, 6.45) is 1.13. The first kappa shape index (κ1) is 10.5. The molecule has 17 heavy (non-hydrogen) atoms. The van der Waals surface area contributed by atoms with E-state index in [0.29, 0.717) is 6.04 Å². The number of nitrogens with one attached hydrogen (secondary N) is 1.